The van der Waals surface area contributed by atoms with Gasteiger partial charge in [0.2, 0.25) is 11.8 Å². The Morgan fingerprint density at radius 2 is 1.91 bits per heavy atom. The first kappa shape index (κ1) is 18.1. The first-order valence-electron chi connectivity index (χ1n) is 7.00. The van der Waals surface area contributed by atoms with Crippen LogP contribution in [0.5, 0.6) is 0 Å². The fourth-order valence-corrected chi connectivity index (χ4v) is 3.08. The summed E-state index contributed by atoms with van der Waals surface area (Å²) >= 11 is 1.32. The first-order valence-corrected chi connectivity index (χ1v) is 7.82. The summed E-state index contributed by atoms with van der Waals surface area (Å²) in [5.41, 5.74) is 6.41. The van der Waals surface area contributed by atoms with Crippen LogP contribution in [0.1, 0.15) is 34.6 Å². The van der Waals surface area contributed by atoms with Crippen molar-refractivity contribution in [2.45, 2.75) is 27.2 Å². The summed E-state index contributed by atoms with van der Waals surface area (Å²) in [6, 6.07) is 0. The summed E-state index contributed by atoms with van der Waals surface area (Å²) in [6.07, 6.45) is 0.663. The molecule has 0 aliphatic carbocycles. The number of nitrogens with two attached hydrogens (primary N) is 1. The summed E-state index contributed by atoms with van der Waals surface area (Å²) in [4.78, 5) is 36.0. The summed E-state index contributed by atoms with van der Waals surface area (Å²) in [7, 11) is 0. The number of carbonyl (C=O) groups is 3. The zero-order valence-electron chi connectivity index (χ0n) is 12.9. The van der Waals surface area contributed by atoms with E-state index in [0.717, 1.165) is 10.4 Å². The van der Waals surface area contributed by atoms with Gasteiger partial charge in [-0.2, -0.15) is 0 Å². The average molecular weight is 327 g/mol. The van der Waals surface area contributed by atoms with Gasteiger partial charge < -0.3 is 21.1 Å². The minimum absolute atomic E-state index is 0.181. The number of amides is 2. The maximum atomic E-state index is 12.1. The number of rotatable bonds is 7. The van der Waals surface area contributed by atoms with Gasteiger partial charge in [0.05, 0.1) is 25.3 Å². The molecule has 0 bridgehead atoms. The lowest BCUT2D eigenvalue weighted by Crippen LogP contribution is -2.36. The largest absolute Gasteiger partial charge is 0.462 e. The molecule has 1 heterocycles. The number of esters is 1. The molecule has 0 aliphatic rings. The topological polar surface area (TPSA) is 111 Å². The highest BCUT2D eigenvalue weighted by molar-refractivity contribution is 7.16. The molecule has 22 heavy (non-hydrogen) atoms. The van der Waals surface area contributed by atoms with Gasteiger partial charge in [0.1, 0.15) is 5.00 Å². The number of thiophene rings is 1. The Kier molecular flexibility index (Phi) is 7.00. The van der Waals surface area contributed by atoms with E-state index in [1.165, 1.54) is 11.3 Å². The van der Waals surface area contributed by atoms with Crippen molar-refractivity contribution < 1.29 is 19.1 Å². The lowest BCUT2D eigenvalue weighted by atomic mass is 10.1. The van der Waals surface area contributed by atoms with E-state index in [0.29, 0.717) is 17.0 Å². The minimum Gasteiger partial charge on any atom is -0.462 e. The molecular formula is C14H21N3O4S. The third-order valence-corrected chi connectivity index (χ3v) is 3.99. The van der Waals surface area contributed by atoms with E-state index in [2.05, 4.69) is 10.6 Å². The average Bonchev–Trinajstić information content (AvgIpc) is 2.80. The third-order valence-electron chi connectivity index (χ3n) is 2.93. The molecule has 1 aromatic heterocycles. The number of nitrogens with one attached hydrogen (secondary N) is 2. The Balaban J connectivity index is 2.92. The van der Waals surface area contributed by atoms with Gasteiger partial charge in [-0.05, 0) is 25.8 Å². The van der Waals surface area contributed by atoms with Crippen molar-refractivity contribution in [1.82, 2.24) is 5.32 Å². The van der Waals surface area contributed by atoms with Crippen LogP contribution in [0.15, 0.2) is 0 Å². The number of hydrogen-bond acceptors (Lipinski definition) is 6. The summed E-state index contributed by atoms with van der Waals surface area (Å²) < 4.78 is 5.05. The Morgan fingerprint density at radius 1 is 1.23 bits per heavy atom. The highest BCUT2D eigenvalue weighted by Crippen LogP contribution is 2.34. The predicted octanol–water partition coefficient (Wildman–Crippen LogP) is 0.809. The molecule has 1 rings (SSSR count). The van der Waals surface area contributed by atoms with E-state index in [4.69, 9.17) is 10.5 Å². The van der Waals surface area contributed by atoms with Gasteiger partial charge in [-0.1, -0.05) is 6.92 Å². The molecule has 0 aromatic carbocycles. The molecule has 7 nitrogen and oxygen atoms in total. The minimum atomic E-state index is -0.454. The van der Waals surface area contributed by atoms with Gasteiger partial charge in [0, 0.05) is 4.88 Å². The van der Waals surface area contributed by atoms with Crippen LogP contribution in [-0.4, -0.2) is 37.5 Å². The maximum absolute atomic E-state index is 12.1. The second-order valence-corrected chi connectivity index (χ2v) is 5.67. The van der Waals surface area contributed by atoms with E-state index in [1.54, 1.807) is 6.92 Å². The molecule has 8 heteroatoms. The van der Waals surface area contributed by atoms with E-state index in [-0.39, 0.29) is 19.7 Å². The Hall–Kier alpha value is -1.93. The van der Waals surface area contributed by atoms with Gasteiger partial charge >= 0.3 is 5.97 Å². The van der Waals surface area contributed by atoms with Crippen LogP contribution in [0.2, 0.25) is 0 Å². The Morgan fingerprint density at radius 3 is 2.45 bits per heavy atom. The second kappa shape index (κ2) is 8.50. The van der Waals surface area contributed by atoms with Crippen molar-refractivity contribution in [3.05, 3.63) is 16.0 Å². The van der Waals surface area contributed by atoms with E-state index < -0.39 is 17.8 Å². The molecule has 0 saturated carbocycles. The fourth-order valence-electron chi connectivity index (χ4n) is 1.93. The molecule has 0 atom stereocenters. The summed E-state index contributed by atoms with van der Waals surface area (Å²) in [5, 5.41) is 5.47. The van der Waals surface area contributed by atoms with Crippen LogP contribution in [0.3, 0.4) is 0 Å². The molecule has 0 unspecified atom stereocenters. The Bertz CT molecular complexity index is 569. The van der Waals surface area contributed by atoms with Crippen molar-refractivity contribution in [1.29, 1.82) is 0 Å². The number of hydrogen-bond donors (Lipinski definition) is 3. The Labute approximate surface area is 133 Å². The predicted molar refractivity (Wildman–Crippen MR) is 85.1 cm³/mol. The fraction of sp³-hybridized carbons (Fsp3) is 0.500. The van der Waals surface area contributed by atoms with E-state index in [1.807, 2.05) is 13.8 Å². The highest BCUT2D eigenvalue weighted by Gasteiger charge is 2.23. The molecular weight excluding hydrogens is 306 g/mol. The van der Waals surface area contributed by atoms with Crippen molar-refractivity contribution in [2.24, 2.45) is 5.73 Å². The number of anilines is 1. The van der Waals surface area contributed by atoms with Gasteiger partial charge in [-0.3, -0.25) is 9.59 Å². The number of carbonyl (C=O) groups excluding carboxylic acids is 3. The molecule has 1 aromatic rings. The van der Waals surface area contributed by atoms with Crippen LogP contribution in [0.25, 0.3) is 0 Å². The first-order chi connectivity index (χ1) is 10.4. The van der Waals surface area contributed by atoms with Gasteiger partial charge in [-0.15, -0.1) is 11.3 Å². The number of ether oxygens (including phenoxy) is 1. The van der Waals surface area contributed by atoms with Crippen molar-refractivity contribution in [3.8, 4) is 0 Å². The van der Waals surface area contributed by atoms with E-state index in [9.17, 15) is 14.4 Å². The molecule has 0 radical (unpaired) electrons. The van der Waals surface area contributed by atoms with Crippen molar-refractivity contribution >= 4 is 34.1 Å². The zero-order valence-corrected chi connectivity index (χ0v) is 13.8. The van der Waals surface area contributed by atoms with Crippen LogP contribution in [0, 0.1) is 6.92 Å². The third kappa shape index (κ3) is 4.54. The summed E-state index contributed by atoms with van der Waals surface area (Å²) in [6.45, 7) is 5.43. The molecule has 0 fully saturated rings. The molecule has 2 amide bonds. The summed E-state index contributed by atoms with van der Waals surface area (Å²) in [5.74, 6) is -1.29. The van der Waals surface area contributed by atoms with Crippen molar-refractivity contribution in [2.75, 3.05) is 25.0 Å². The zero-order chi connectivity index (χ0) is 16.7. The standard InChI is InChI=1S/C14H21N3O4S/c1-4-9-8(3)22-13(12(9)14(20)21-5-2)17-11(19)7-16-10(18)6-15/h4-7,15H2,1-3H3,(H,16,18)(H,17,19). The normalized spacial score (nSPS) is 10.2. The van der Waals surface area contributed by atoms with Gasteiger partial charge in [-0.25, -0.2) is 4.79 Å². The lowest BCUT2D eigenvalue weighted by molar-refractivity contribution is -0.123. The van der Waals surface area contributed by atoms with E-state index >= 15 is 0 Å². The quantitative estimate of drug-likeness (QED) is 0.642. The van der Waals surface area contributed by atoms with Crippen LogP contribution < -0.4 is 16.4 Å². The maximum Gasteiger partial charge on any atom is 0.341 e. The number of aryl methyl sites for hydroxylation is 1. The smallest absolute Gasteiger partial charge is 0.341 e. The molecule has 0 spiro atoms. The van der Waals surface area contributed by atoms with Crippen LogP contribution in [0.4, 0.5) is 5.00 Å². The van der Waals surface area contributed by atoms with Crippen LogP contribution >= 0.6 is 11.3 Å². The lowest BCUT2D eigenvalue weighted by Gasteiger charge is -2.08. The molecule has 122 valence electrons. The molecule has 4 N–H and O–H groups in total. The van der Waals surface area contributed by atoms with Gasteiger partial charge in [0.15, 0.2) is 0 Å². The molecule has 0 saturated heterocycles. The monoisotopic (exact) mass is 327 g/mol. The van der Waals surface area contributed by atoms with Gasteiger partial charge in [0.25, 0.3) is 0 Å². The molecule has 0 aliphatic heterocycles. The SMILES string of the molecule is CCOC(=O)c1c(NC(=O)CNC(=O)CN)sc(C)c1CC. The van der Waals surface area contributed by atoms with Crippen molar-refractivity contribution in [3.63, 3.8) is 0 Å². The highest BCUT2D eigenvalue weighted by atomic mass is 32.1. The van der Waals surface area contributed by atoms with Crippen LogP contribution in [-0.2, 0) is 20.7 Å². The second-order valence-electron chi connectivity index (χ2n) is 4.44.